The van der Waals surface area contributed by atoms with Gasteiger partial charge in [0.15, 0.2) is 17.7 Å². The third kappa shape index (κ3) is 4.88. The third-order valence-electron chi connectivity index (χ3n) is 5.20. The molecule has 14 heteroatoms. The number of esters is 1. The highest BCUT2D eigenvalue weighted by atomic mass is 32.2. The van der Waals surface area contributed by atoms with Crippen molar-refractivity contribution < 1.29 is 31.5 Å². The fourth-order valence-corrected chi connectivity index (χ4v) is 4.26. The SMILES string of the molecule is CC(OC(=O)c1ccccc1NS(=O)(=O)c1ccc(F)c(F)c1)C(=O)c1c(N)n(C)c(=O)n(C)c1=O. The summed E-state index contributed by atoms with van der Waals surface area (Å²) in [5.41, 5.74) is 2.87. The molecule has 0 amide bonds. The van der Waals surface area contributed by atoms with E-state index in [1.165, 1.54) is 31.3 Å². The zero-order valence-electron chi connectivity index (χ0n) is 19.1. The van der Waals surface area contributed by atoms with Crippen LogP contribution in [-0.2, 0) is 28.9 Å². The second-order valence-corrected chi connectivity index (χ2v) is 9.29. The second-order valence-electron chi connectivity index (χ2n) is 7.60. The lowest BCUT2D eigenvalue weighted by Crippen LogP contribution is -2.43. The monoisotopic (exact) mass is 522 g/mol. The van der Waals surface area contributed by atoms with Crippen LogP contribution in [0.5, 0.6) is 0 Å². The molecule has 1 unspecified atom stereocenters. The number of sulfonamides is 1. The molecular formula is C22H20F2N4O7S. The number of nitrogen functional groups attached to an aromatic ring is 1. The number of nitrogens with zero attached hydrogens (tertiary/aromatic N) is 2. The quantitative estimate of drug-likeness (QED) is 0.346. The Morgan fingerprint density at radius 1 is 1.03 bits per heavy atom. The summed E-state index contributed by atoms with van der Waals surface area (Å²) < 4.78 is 60.8. The smallest absolute Gasteiger partial charge is 0.340 e. The van der Waals surface area contributed by atoms with Gasteiger partial charge in [-0.25, -0.2) is 26.8 Å². The largest absolute Gasteiger partial charge is 0.451 e. The molecule has 0 fully saturated rings. The van der Waals surface area contributed by atoms with Gasteiger partial charge in [-0.05, 0) is 37.3 Å². The van der Waals surface area contributed by atoms with Gasteiger partial charge < -0.3 is 10.5 Å². The van der Waals surface area contributed by atoms with E-state index >= 15 is 0 Å². The summed E-state index contributed by atoms with van der Waals surface area (Å²) in [4.78, 5) is 49.5. The van der Waals surface area contributed by atoms with Crippen molar-refractivity contribution in [3.05, 3.63) is 86.1 Å². The molecule has 3 aromatic rings. The molecule has 11 nitrogen and oxygen atoms in total. The van der Waals surface area contributed by atoms with Crippen LogP contribution in [0.3, 0.4) is 0 Å². The van der Waals surface area contributed by atoms with Crippen LogP contribution in [0.25, 0.3) is 0 Å². The summed E-state index contributed by atoms with van der Waals surface area (Å²) in [5, 5.41) is 0. The van der Waals surface area contributed by atoms with Gasteiger partial charge in [0.2, 0.25) is 5.78 Å². The molecule has 3 rings (SSSR count). The van der Waals surface area contributed by atoms with E-state index in [2.05, 4.69) is 4.72 Å². The Labute approximate surface area is 202 Å². The molecule has 2 aromatic carbocycles. The van der Waals surface area contributed by atoms with Crippen molar-refractivity contribution in [3.63, 3.8) is 0 Å². The molecule has 36 heavy (non-hydrogen) atoms. The molecule has 1 heterocycles. The number of rotatable bonds is 7. The van der Waals surface area contributed by atoms with E-state index < -0.39 is 67.0 Å². The Morgan fingerprint density at radius 3 is 2.31 bits per heavy atom. The molecule has 0 spiro atoms. The minimum Gasteiger partial charge on any atom is -0.451 e. The van der Waals surface area contributed by atoms with Gasteiger partial charge in [0, 0.05) is 14.1 Å². The summed E-state index contributed by atoms with van der Waals surface area (Å²) in [6.07, 6.45) is -1.55. The first kappa shape index (κ1) is 26.3. The number of hydrogen-bond acceptors (Lipinski definition) is 8. The third-order valence-corrected chi connectivity index (χ3v) is 6.57. The Kier molecular flexibility index (Phi) is 7.10. The number of benzene rings is 2. The molecule has 0 radical (unpaired) electrons. The van der Waals surface area contributed by atoms with E-state index in [4.69, 9.17) is 10.5 Å². The molecular weight excluding hydrogens is 502 g/mol. The number of Topliss-reactive ketones (excluding diaryl/α,β-unsaturated/α-hetero) is 1. The molecule has 0 bridgehead atoms. The summed E-state index contributed by atoms with van der Waals surface area (Å²) in [7, 11) is -2.05. The summed E-state index contributed by atoms with van der Waals surface area (Å²) in [6, 6.07) is 7.12. The van der Waals surface area contributed by atoms with Gasteiger partial charge in [-0.2, -0.15) is 0 Å². The predicted molar refractivity (Wildman–Crippen MR) is 124 cm³/mol. The maximum atomic E-state index is 13.5. The number of halogens is 2. The minimum absolute atomic E-state index is 0.274. The van der Waals surface area contributed by atoms with Crippen LogP contribution in [-0.4, -0.2) is 35.4 Å². The standard InChI is InChI=1S/C22H20F2N4O7S/c1-11(18(29)17-19(25)27(2)22(32)28(3)20(17)30)35-21(31)13-6-4-5-7-16(13)26-36(33,34)12-8-9-14(23)15(24)10-12/h4-11,26H,25H2,1-3H3. The molecule has 1 atom stereocenters. The number of ketones is 1. The highest BCUT2D eigenvalue weighted by Gasteiger charge is 2.29. The van der Waals surface area contributed by atoms with E-state index in [-0.39, 0.29) is 11.3 Å². The first-order chi connectivity index (χ1) is 16.8. The Morgan fingerprint density at radius 2 is 1.67 bits per heavy atom. The molecule has 1 aromatic heterocycles. The number of nitrogens with one attached hydrogen (secondary N) is 1. The van der Waals surface area contributed by atoms with Crippen molar-refractivity contribution in [1.29, 1.82) is 0 Å². The number of hydrogen-bond donors (Lipinski definition) is 2. The number of para-hydroxylation sites is 1. The van der Waals surface area contributed by atoms with Crippen molar-refractivity contribution in [2.75, 3.05) is 10.5 Å². The molecule has 0 aliphatic rings. The van der Waals surface area contributed by atoms with E-state index in [9.17, 15) is 36.4 Å². The zero-order chi connectivity index (χ0) is 26.9. The van der Waals surface area contributed by atoms with E-state index in [1.807, 2.05) is 0 Å². The number of carbonyl (C=O) groups is 2. The Hall–Kier alpha value is -4.33. The first-order valence-electron chi connectivity index (χ1n) is 10.1. The van der Waals surface area contributed by atoms with Crippen molar-refractivity contribution >= 4 is 33.3 Å². The highest BCUT2D eigenvalue weighted by Crippen LogP contribution is 2.23. The lowest BCUT2D eigenvalue weighted by atomic mass is 10.1. The number of aromatic nitrogens is 2. The topological polar surface area (TPSA) is 160 Å². The summed E-state index contributed by atoms with van der Waals surface area (Å²) in [5.74, 6) is -5.18. The number of ether oxygens (including phenoxy) is 1. The predicted octanol–water partition coefficient (Wildman–Crippen LogP) is 1.17. The van der Waals surface area contributed by atoms with Crippen LogP contribution < -0.4 is 21.7 Å². The number of carbonyl (C=O) groups excluding carboxylic acids is 2. The fraction of sp³-hybridized carbons (Fsp3) is 0.182. The molecule has 0 aliphatic carbocycles. The van der Waals surface area contributed by atoms with E-state index in [0.29, 0.717) is 16.7 Å². The molecule has 3 N–H and O–H groups in total. The Balaban J connectivity index is 1.89. The number of anilines is 2. The normalized spacial score (nSPS) is 12.1. The van der Waals surface area contributed by atoms with Crippen LogP contribution in [0, 0.1) is 11.6 Å². The average molecular weight is 522 g/mol. The fourth-order valence-electron chi connectivity index (χ4n) is 3.17. The molecule has 190 valence electrons. The molecule has 0 aliphatic heterocycles. The van der Waals surface area contributed by atoms with Crippen molar-refractivity contribution in [3.8, 4) is 0 Å². The zero-order valence-corrected chi connectivity index (χ0v) is 19.9. The van der Waals surface area contributed by atoms with Crippen LogP contribution in [0.15, 0.2) is 56.9 Å². The summed E-state index contributed by atoms with van der Waals surface area (Å²) >= 11 is 0. The lowest BCUT2D eigenvalue weighted by Gasteiger charge is -2.17. The number of nitrogens with two attached hydrogens (primary N) is 1. The van der Waals surface area contributed by atoms with Crippen molar-refractivity contribution in [2.24, 2.45) is 14.1 Å². The lowest BCUT2D eigenvalue weighted by molar-refractivity contribution is 0.0319. The van der Waals surface area contributed by atoms with Gasteiger partial charge >= 0.3 is 11.7 Å². The van der Waals surface area contributed by atoms with Gasteiger partial charge in [-0.3, -0.25) is 23.4 Å². The van der Waals surface area contributed by atoms with Crippen LogP contribution >= 0.6 is 0 Å². The van der Waals surface area contributed by atoms with E-state index in [1.54, 1.807) is 0 Å². The first-order valence-corrected chi connectivity index (χ1v) is 11.6. The van der Waals surface area contributed by atoms with Crippen molar-refractivity contribution in [2.45, 2.75) is 17.9 Å². The molecule has 0 saturated carbocycles. The molecule has 0 saturated heterocycles. The van der Waals surface area contributed by atoms with Gasteiger partial charge in [0.1, 0.15) is 11.4 Å². The van der Waals surface area contributed by atoms with Crippen LogP contribution in [0.4, 0.5) is 20.3 Å². The van der Waals surface area contributed by atoms with Crippen LogP contribution in [0.2, 0.25) is 0 Å². The maximum Gasteiger partial charge on any atom is 0.340 e. The summed E-state index contributed by atoms with van der Waals surface area (Å²) in [6.45, 7) is 1.16. The average Bonchev–Trinajstić information content (AvgIpc) is 2.83. The second kappa shape index (κ2) is 9.73. The van der Waals surface area contributed by atoms with Crippen molar-refractivity contribution in [1.82, 2.24) is 9.13 Å². The highest BCUT2D eigenvalue weighted by molar-refractivity contribution is 7.92. The van der Waals surface area contributed by atoms with Crippen LogP contribution in [0.1, 0.15) is 27.6 Å². The maximum absolute atomic E-state index is 13.5. The van der Waals surface area contributed by atoms with E-state index in [0.717, 1.165) is 24.6 Å². The van der Waals surface area contributed by atoms with Gasteiger partial charge in [-0.15, -0.1) is 0 Å². The van der Waals surface area contributed by atoms with Gasteiger partial charge in [0.05, 0.1) is 16.1 Å². The van der Waals surface area contributed by atoms with Gasteiger partial charge in [0.25, 0.3) is 15.6 Å². The Bertz CT molecular complexity index is 1610. The van der Waals surface area contributed by atoms with Gasteiger partial charge in [-0.1, -0.05) is 12.1 Å². The minimum atomic E-state index is -4.45.